The number of rotatable bonds is 3. The molecule has 3 heterocycles. The van der Waals surface area contributed by atoms with Crippen molar-refractivity contribution in [2.45, 2.75) is 37.4 Å². The molecule has 3 fully saturated rings. The van der Waals surface area contributed by atoms with Crippen molar-refractivity contribution in [3.05, 3.63) is 47.8 Å². The number of nitrogens with zero attached hydrogens (tertiary/aromatic N) is 2. The Labute approximate surface area is 173 Å². The van der Waals surface area contributed by atoms with Crippen molar-refractivity contribution in [3.8, 4) is 0 Å². The Balaban J connectivity index is 1.64. The van der Waals surface area contributed by atoms with Crippen LogP contribution in [0.1, 0.15) is 26.2 Å². The molecule has 0 aliphatic carbocycles. The average Bonchev–Trinajstić information content (AvgIpc) is 3.31. The lowest BCUT2D eigenvalue weighted by atomic mass is 9.67. The summed E-state index contributed by atoms with van der Waals surface area (Å²) in [6, 6.07) is 10.6. The molecular weight excluding hydrogens is 384 g/mol. The molecule has 2 aromatic rings. The van der Waals surface area contributed by atoms with Gasteiger partial charge < -0.3 is 9.47 Å². The molecule has 2 bridgehead atoms. The zero-order valence-electron chi connectivity index (χ0n) is 16.7. The van der Waals surface area contributed by atoms with Gasteiger partial charge in [0, 0.05) is 0 Å². The molecule has 2 aromatic carbocycles. The molecule has 0 aromatic heterocycles. The van der Waals surface area contributed by atoms with Gasteiger partial charge in [-0.1, -0.05) is 30.3 Å². The third-order valence-electron chi connectivity index (χ3n) is 6.92. The lowest BCUT2D eigenvalue weighted by Gasteiger charge is -2.30. The Morgan fingerprint density at radius 3 is 2.57 bits per heavy atom. The molecule has 7 heteroatoms. The Bertz CT molecular complexity index is 1170. The Morgan fingerprint density at radius 2 is 1.87 bits per heavy atom. The van der Waals surface area contributed by atoms with E-state index in [2.05, 4.69) is 4.85 Å². The van der Waals surface area contributed by atoms with E-state index in [1.54, 1.807) is 12.1 Å². The minimum absolute atomic E-state index is 0.0511. The molecule has 4 atom stereocenters. The molecule has 0 saturated carbocycles. The van der Waals surface area contributed by atoms with Gasteiger partial charge in [-0.2, -0.15) is 0 Å². The first-order valence-corrected chi connectivity index (χ1v) is 9.89. The molecule has 30 heavy (non-hydrogen) atoms. The minimum Gasteiger partial charge on any atom is -0.469 e. The lowest BCUT2D eigenvalue weighted by Crippen LogP contribution is -2.43. The van der Waals surface area contributed by atoms with Crippen LogP contribution in [-0.4, -0.2) is 36.1 Å². The summed E-state index contributed by atoms with van der Waals surface area (Å²) in [6.07, 6.45) is 1.09. The average molecular weight is 404 g/mol. The highest BCUT2D eigenvalue weighted by molar-refractivity contribution is 6.26. The fraction of sp³-hybridized carbons (Fsp3) is 0.391. The third-order valence-corrected chi connectivity index (χ3v) is 6.92. The first-order valence-electron chi connectivity index (χ1n) is 9.89. The van der Waals surface area contributed by atoms with Gasteiger partial charge in [-0.25, -0.2) is 9.74 Å². The van der Waals surface area contributed by atoms with Crippen molar-refractivity contribution < 1.29 is 23.9 Å². The molecule has 0 radical (unpaired) electrons. The quantitative estimate of drug-likeness (QED) is 0.445. The highest BCUT2D eigenvalue weighted by Crippen LogP contribution is 2.62. The predicted molar refractivity (Wildman–Crippen MR) is 108 cm³/mol. The molecule has 7 nitrogen and oxygen atoms in total. The normalized spacial score (nSPS) is 31.8. The summed E-state index contributed by atoms with van der Waals surface area (Å²) in [5.41, 5.74) is -0.864. The zero-order chi connectivity index (χ0) is 21.3. The third kappa shape index (κ3) is 2.25. The van der Waals surface area contributed by atoms with Gasteiger partial charge in [-0.3, -0.25) is 14.4 Å². The van der Waals surface area contributed by atoms with E-state index >= 15 is 0 Å². The van der Waals surface area contributed by atoms with Crippen LogP contribution in [0.25, 0.3) is 15.6 Å². The number of hydrogen-bond acceptors (Lipinski definition) is 5. The second-order valence-corrected chi connectivity index (χ2v) is 8.46. The van der Waals surface area contributed by atoms with E-state index in [0.29, 0.717) is 35.0 Å². The van der Waals surface area contributed by atoms with Crippen molar-refractivity contribution >= 4 is 39.9 Å². The number of carbonyl (C=O) groups is 3. The van der Waals surface area contributed by atoms with Gasteiger partial charge in [-0.15, -0.1) is 0 Å². The summed E-state index contributed by atoms with van der Waals surface area (Å²) in [6.45, 7) is 9.25. The Kier molecular flexibility index (Phi) is 3.83. The Morgan fingerprint density at radius 1 is 1.17 bits per heavy atom. The molecule has 0 N–H and O–H groups in total. The van der Waals surface area contributed by atoms with Gasteiger partial charge in [0.05, 0.1) is 48.8 Å². The SMILES string of the molecule is [C-]#[N+]c1ccc(N2C(=O)[C@@H]3[C@H](C2=O)C2(C)CCC3(CC(=O)OC)O2)c2ccccc12. The van der Waals surface area contributed by atoms with Crippen LogP contribution in [0.5, 0.6) is 0 Å². The molecule has 2 unspecified atom stereocenters. The standard InChI is InChI=1S/C23H20N2O5/c1-22-10-11-23(30-22,12-17(26)29-3)19-18(22)20(27)25(21(19)28)16-9-8-15(24-2)13-6-4-5-7-14(13)16/h4-9,18-19H,10-12H2,1,3H3/t18-,19+,22?,23?/m1/s1. The summed E-state index contributed by atoms with van der Waals surface area (Å²) >= 11 is 0. The van der Waals surface area contributed by atoms with E-state index in [9.17, 15) is 14.4 Å². The number of amides is 2. The molecule has 2 amide bonds. The van der Waals surface area contributed by atoms with Gasteiger partial charge >= 0.3 is 5.97 Å². The molecule has 152 valence electrons. The summed E-state index contributed by atoms with van der Waals surface area (Å²) in [7, 11) is 1.30. The van der Waals surface area contributed by atoms with Gasteiger partial charge in [0.2, 0.25) is 11.8 Å². The number of ether oxygens (including phenoxy) is 2. The van der Waals surface area contributed by atoms with E-state index < -0.39 is 29.0 Å². The van der Waals surface area contributed by atoms with Crippen LogP contribution in [0.2, 0.25) is 0 Å². The first kappa shape index (κ1) is 18.8. The first-order chi connectivity index (χ1) is 14.3. The van der Waals surface area contributed by atoms with Crippen molar-refractivity contribution in [2.75, 3.05) is 12.0 Å². The number of anilines is 1. The smallest absolute Gasteiger partial charge is 0.308 e. The summed E-state index contributed by atoms with van der Waals surface area (Å²) < 4.78 is 11.1. The molecule has 3 saturated heterocycles. The largest absolute Gasteiger partial charge is 0.469 e. The predicted octanol–water partition coefficient (Wildman–Crippen LogP) is 3.38. The van der Waals surface area contributed by atoms with Crippen molar-refractivity contribution in [1.82, 2.24) is 0 Å². The lowest BCUT2D eigenvalue weighted by molar-refractivity contribution is -0.150. The van der Waals surface area contributed by atoms with Crippen LogP contribution < -0.4 is 4.90 Å². The summed E-state index contributed by atoms with van der Waals surface area (Å²) in [4.78, 5) is 44.0. The number of esters is 1. The van der Waals surface area contributed by atoms with Crippen LogP contribution in [0.3, 0.4) is 0 Å². The van der Waals surface area contributed by atoms with Crippen molar-refractivity contribution in [3.63, 3.8) is 0 Å². The fourth-order valence-electron chi connectivity index (χ4n) is 5.63. The molecular formula is C23H20N2O5. The Hall–Kier alpha value is -3.24. The highest BCUT2D eigenvalue weighted by Gasteiger charge is 2.74. The van der Waals surface area contributed by atoms with Crippen LogP contribution >= 0.6 is 0 Å². The van der Waals surface area contributed by atoms with E-state index in [1.165, 1.54) is 12.0 Å². The highest BCUT2D eigenvalue weighted by atomic mass is 16.6. The zero-order valence-corrected chi connectivity index (χ0v) is 16.7. The fourth-order valence-corrected chi connectivity index (χ4v) is 5.63. The topological polar surface area (TPSA) is 77.3 Å². The van der Waals surface area contributed by atoms with Crippen molar-refractivity contribution in [2.24, 2.45) is 11.8 Å². The monoisotopic (exact) mass is 404 g/mol. The summed E-state index contributed by atoms with van der Waals surface area (Å²) in [5, 5.41) is 1.37. The molecule has 3 aliphatic rings. The number of benzene rings is 2. The van der Waals surface area contributed by atoms with E-state index in [0.717, 1.165) is 0 Å². The number of carbonyl (C=O) groups excluding carboxylic acids is 3. The van der Waals surface area contributed by atoms with Gasteiger partial charge in [0.1, 0.15) is 0 Å². The maximum Gasteiger partial charge on any atom is 0.308 e. The molecule has 0 spiro atoms. The number of imide groups is 1. The van der Waals surface area contributed by atoms with E-state index in [1.807, 2.05) is 31.2 Å². The van der Waals surface area contributed by atoms with E-state index in [4.69, 9.17) is 16.0 Å². The molecule has 5 rings (SSSR count). The second-order valence-electron chi connectivity index (χ2n) is 8.46. The number of methoxy groups -OCH3 is 1. The van der Waals surface area contributed by atoms with E-state index in [-0.39, 0.29) is 18.2 Å². The second kappa shape index (κ2) is 6.13. The maximum atomic E-state index is 13.6. The van der Waals surface area contributed by atoms with Crippen LogP contribution in [-0.2, 0) is 23.9 Å². The van der Waals surface area contributed by atoms with Gasteiger partial charge in [0.25, 0.3) is 0 Å². The number of fused-ring (bicyclic) bond motifs is 6. The van der Waals surface area contributed by atoms with Crippen LogP contribution in [0.4, 0.5) is 11.4 Å². The maximum absolute atomic E-state index is 13.6. The van der Waals surface area contributed by atoms with Crippen molar-refractivity contribution in [1.29, 1.82) is 0 Å². The minimum atomic E-state index is -1.01. The number of hydrogen-bond donors (Lipinski definition) is 0. The van der Waals surface area contributed by atoms with Gasteiger partial charge in [0.15, 0.2) is 5.69 Å². The van der Waals surface area contributed by atoms with Crippen LogP contribution in [0.15, 0.2) is 36.4 Å². The molecule has 3 aliphatic heterocycles. The van der Waals surface area contributed by atoms with Gasteiger partial charge in [-0.05, 0) is 36.6 Å². The summed E-state index contributed by atoms with van der Waals surface area (Å²) in [5.74, 6) is -2.46. The van der Waals surface area contributed by atoms with Crippen LogP contribution in [0, 0.1) is 18.4 Å².